The number of carbonyl (C=O) groups excluding carboxylic acids is 2. The van der Waals surface area contributed by atoms with E-state index in [1.165, 1.54) is 0 Å². The number of ketones is 1. The molecule has 16 heavy (non-hydrogen) atoms. The molecule has 0 radical (unpaired) electrons. The molecule has 0 aliphatic rings. The minimum Gasteiger partial charge on any atom is -0.465 e. The molecular weight excluding hydrogens is 204 g/mol. The molecule has 0 fully saturated rings. The van der Waals surface area contributed by atoms with Crippen LogP contribution in [0.4, 0.5) is 0 Å². The lowest BCUT2D eigenvalue weighted by Gasteiger charge is -2.14. The maximum atomic E-state index is 11.2. The molecule has 0 bridgehead atoms. The van der Waals surface area contributed by atoms with Crippen molar-refractivity contribution in [3.63, 3.8) is 0 Å². The van der Waals surface area contributed by atoms with E-state index in [1.54, 1.807) is 0 Å². The highest BCUT2D eigenvalue weighted by Gasteiger charge is 2.11. The summed E-state index contributed by atoms with van der Waals surface area (Å²) in [6, 6.07) is 0. The smallest absolute Gasteiger partial charge is 0.313 e. The molecule has 0 heterocycles. The third-order valence-corrected chi connectivity index (χ3v) is 2.57. The number of carbonyl (C=O) groups is 2. The molecule has 0 N–H and O–H groups in total. The average molecular weight is 226 g/mol. The van der Waals surface area contributed by atoms with Crippen molar-refractivity contribution >= 4 is 11.8 Å². The lowest BCUT2D eigenvalue weighted by atomic mass is 10.0. The standard InChI is InChI=1S/C13H22O3/c1-4-7-8-11(5-2)10-16-13(15)9-12(14)6-3/h6,11H,3-5,7-10H2,1-2H3. The van der Waals surface area contributed by atoms with Gasteiger partial charge in [0.1, 0.15) is 6.42 Å². The first-order valence-electron chi connectivity index (χ1n) is 5.94. The number of hydrogen-bond donors (Lipinski definition) is 0. The summed E-state index contributed by atoms with van der Waals surface area (Å²) in [6.45, 7) is 7.97. The van der Waals surface area contributed by atoms with E-state index in [-0.39, 0.29) is 12.2 Å². The minimum atomic E-state index is -0.445. The van der Waals surface area contributed by atoms with Gasteiger partial charge in [-0.1, -0.05) is 39.7 Å². The quantitative estimate of drug-likeness (QED) is 0.345. The van der Waals surface area contributed by atoms with Crippen LogP contribution in [0.1, 0.15) is 46.0 Å². The zero-order chi connectivity index (χ0) is 12.4. The highest BCUT2D eigenvalue weighted by Crippen LogP contribution is 2.13. The zero-order valence-corrected chi connectivity index (χ0v) is 10.3. The van der Waals surface area contributed by atoms with E-state index in [1.807, 2.05) is 0 Å². The predicted octanol–water partition coefficient (Wildman–Crippen LogP) is 2.89. The molecule has 0 saturated carbocycles. The first-order chi connectivity index (χ1) is 7.63. The lowest BCUT2D eigenvalue weighted by Crippen LogP contribution is -2.15. The molecule has 1 unspecified atom stereocenters. The van der Waals surface area contributed by atoms with Crippen LogP contribution in [0.3, 0.4) is 0 Å². The Kier molecular flexibility index (Phi) is 8.49. The SMILES string of the molecule is C=CC(=O)CC(=O)OCC(CC)CCCC. The topological polar surface area (TPSA) is 43.4 Å². The van der Waals surface area contributed by atoms with E-state index >= 15 is 0 Å². The van der Waals surface area contributed by atoms with Crippen LogP contribution < -0.4 is 0 Å². The first-order valence-corrected chi connectivity index (χ1v) is 5.94. The van der Waals surface area contributed by atoms with Crippen LogP contribution in [-0.4, -0.2) is 18.4 Å². The van der Waals surface area contributed by atoms with Crippen LogP contribution in [0.25, 0.3) is 0 Å². The number of allylic oxidation sites excluding steroid dienone is 1. The van der Waals surface area contributed by atoms with Crippen molar-refractivity contribution in [3.8, 4) is 0 Å². The molecule has 0 rings (SSSR count). The van der Waals surface area contributed by atoms with Crippen molar-refractivity contribution < 1.29 is 14.3 Å². The summed E-state index contributed by atoms with van der Waals surface area (Å²) >= 11 is 0. The molecule has 0 spiro atoms. The minimum absolute atomic E-state index is 0.187. The van der Waals surface area contributed by atoms with E-state index in [0.29, 0.717) is 12.5 Å². The number of rotatable bonds is 9. The third-order valence-electron chi connectivity index (χ3n) is 2.57. The van der Waals surface area contributed by atoms with Gasteiger partial charge in [0.15, 0.2) is 5.78 Å². The second-order valence-electron chi connectivity index (χ2n) is 3.95. The summed E-state index contributed by atoms with van der Waals surface area (Å²) < 4.78 is 5.06. The largest absolute Gasteiger partial charge is 0.465 e. The second-order valence-corrected chi connectivity index (χ2v) is 3.95. The van der Waals surface area contributed by atoms with Gasteiger partial charge in [-0.3, -0.25) is 9.59 Å². The predicted molar refractivity (Wildman–Crippen MR) is 64.1 cm³/mol. The molecule has 0 aliphatic carbocycles. The Hall–Kier alpha value is -1.12. The molecule has 0 amide bonds. The van der Waals surface area contributed by atoms with Crippen molar-refractivity contribution in [1.82, 2.24) is 0 Å². The van der Waals surface area contributed by atoms with Crippen molar-refractivity contribution in [1.29, 1.82) is 0 Å². The molecule has 3 heteroatoms. The van der Waals surface area contributed by atoms with Crippen LogP contribution in [0.15, 0.2) is 12.7 Å². The summed E-state index contributed by atoms with van der Waals surface area (Å²) in [4.78, 5) is 22.1. The molecule has 1 atom stereocenters. The normalized spacial score (nSPS) is 11.9. The van der Waals surface area contributed by atoms with Gasteiger partial charge in [0.2, 0.25) is 0 Å². The highest BCUT2D eigenvalue weighted by molar-refractivity contribution is 6.01. The van der Waals surface area contributed by atoms with Gasteiger partial charge in [-0.25, -0.2) is 0 Å². The second kappa shape index (κ2) is 9.13. The molecule has 92 valence electrons. The van der Waals surface area contributed by atoms with E-state index in [4.69, 9.17) is 4.74 Å². The van der Waals surface area contributed by atoms with E-state index in [2.05, 4.69) is 20.4 Å². The Labute approximate surface area is 97.9 Å². The van der Waals surface area contributed by atoms with Gasteiger partial charge in [0, 0.05) is 0 Å². The van der Waals surface area contributed by atoms with E-state index in [9.17, 15) is 9.59 Å². The number of ether oxygens (including phenoxy) is 1. The molecule has 0 aromatic rings. The number of hydrogen-bond acceptors (Lipinski definition) is 3. The van der Waals surface area contributed by atoms with Crippen LogP contribution in [0.5, 0.6) is 0 Å². The van der Waals surface area contributed by atoms with Gasteiger partial charge < -0.3 is 4.74 Å². The fraction of sp³-hybridized carbons (Fsp3) is 0.692. The van der Waals surface area contributed by atoms with Gasteiger partial charge in [0.25, 0.3) is 0 Å². The molecule has 0 aliphatic heterocycles. The fourth-order valence-electron chi connectivity index (χ4n) is 1.37. The molecule has 0 aromatic heterocycles. The zero-order valence-electron chi connectivity index (χ0n) is 10.3. The summed E-state index contributed by atoms with van der Waals surface area (Å²) in [5, 5.41) is 0. The maximum Gasteiger partial charge on any atom is 0.313 e. The molecular formula is C13H22O3. The van der Waals surface area contributed by atoms with Crippen molar-refractivity contribution in [3.05, 3.63) is 12.7 Å². The number of esters is 1. The highest BCUT2D eigenvalue weighted by atomic mass is 16.5. The van der Waals surface area contributed by atoms with Gasteiger partial charge in [-0.05, 0) is 18.4 Å². The Morgan fingerprint density at radius 3 is 2.56 bits per heavy atom. The Morgan fingerprint density at radius 1 is 1.38 bits per heavy atom. The van der Waals surface area contributed by atoms with Crippen LogP contribution in [0, 0.1) is 5.92 Å². The Morgan fingerprint density at radius 2 is 2.06 bits per heavy atom. The van der Waals surface area contributed by atoms with Gasteiger partial charge in [-0.2, -0.15) is 0 Å². The number of unbranched alkanes of at least 4 members (excludes halogenated alkanes) is 1. The van der Waals surface area contributed by atoms with Crippen molar-refractivity contribution in [2.45, 2.75) is 46.0 Å². The monoisotopic (exact) mass is 226 g/mol. The van der Waals surface area contributed by atoms with Crippen LogP contribution >= 0.6 is 0 Å². The third kappa shape index (κ3) is 7.21. The van der Waals surface area contributed by atoms with Gasteiger partial charge in [-0.15, -0.1) is 0 Å². The molecule has 3 nitrogen and oxygen atoms in total. The van der Waals surface area contributed by atoms with E-state index in [0.717, 1.165) is 31.8 Å². The fourth-order valence-corrected chi connectivity index (χ4v) is 1.37. The van der Waals surface area contributed by atoms with Gasteiger partial charge >= 0.3 is 5.97 Å². The van der Waals surface area contributed by atoms with Gasteiger partial charge in [0.05, 0.1) is 6.61 Å². The molecule has 0 saturated heterocycles. The van der Waals surface area contributed by atoms with Crippen molar-refractivity contribution in [2.75, 3.05) is 6.61 Å². The summed E-state index contributed by atoms with van der Waals surface area (Å²) in [5.41, 5.74) is 0. The summed E-state index contributed by atoms with van der Waals surface area (Å²) in [5.74, 6) is -0.311. The maximum absolute atomic E-state index is 11.2. The van der Waals surface area contributed by atoms with Crippen LogP contribution in [-0.2, 0) is 14.3 Å². The lowest BCUT2D eigenvalue weighted by molar-refractivity contribution is -0.146. The first kappa shape index (κ1) is 14.9. The summed E-state index contributed by atoms with van der Waals surface area (Å²) in [7, 11) is 0. The Bertz CT molecular complexity index is 233. The summed E-state index contributed by atoms with van der Waals surface area (Å²) in [6.07, 6.45) is 5.35. The van der Waals surface area contributed by atoms with Crippen LogP contribution in [0.2, 0.25) is 0 Å². The molecule has 0 aromatic carbocycles. The van der Waals surface area contributed by atoms with Crippen molar-refractivity contribution in [2.24, 2.45) is 5.92 Å². The average Bonchev–Trinajstić information content (AvgIpc) is 2.29. The van der Waals surface area contributed by atoms with E-state index < -0.39 is 5.97 Å². The Balaban J connectivity index is 3.78.